The Labute approximate surface area is 118 Å². The van der Waals surface area contributed by atoms with Crippen LogP contribution in [0, 0.1) is 0 Å². The molecule has 102 valence electrons. The Hall–Kier alpha value is -0.540. The van der Waals surface area contributed by atoms with Crippen molar-refractivity contribution >= 4 is 15.9 Å². The molecule has 18 heavy (non-hydrogen) atoms. The van der Waals surface area contributed by atoms with Crippen LogP contribution in [-0.2, 0) is 6.61 Å². The van der Waals surface area contributed by atoms with Crippen molar-refractivity contribution in [3.05, 3.63) is 28.2 Å². The molecule has 0 amide bonds. The molecule has 2 nitrogen and oxygen atoms in total. The van der Waals surface area contributed by atoms with E-state index in [-0.39, 0.29) is 6.61 Å². The molecule has 0 bridgehead atoms. The second-order valence-corrected chi connectivity index (χ2v) is 5.38. The first-order valence-corrected chi connectivity index (χ1v) is 7.59. The number of benzene rings is 1. The summed E-state index contributed by atoms with van der Waals surface area (Å²) in [5.41, 5.74) is 0.871. The third-order valence-corrected chi connectivity index (χ3v) is 3.73. The van der Waals surface area contributed by atoms with Crippen LogP contribution in [0.25, 0.3) is 0 Å². The molecule has 1 N–H and O–H groups in total. The van der Waals surface area contributed by atoms with Gasteiger partial charge in [-0.15, -0.1) is 0 Å². The van der Waals surface area contributed by atoms with Gasteiger partial charge in [0.2, 0.25) is 0 Å². The maximum atomic E-state index is 9.15. The zero-order valence-electron chi connectivity index (χ0n) is 11.1. The lowest BCUT2D eigenvalue weighted by Gasteiger charge is -2.08. The highest BCUT2D eigenvalue weighted by Crippen LogP contribution is 2.22. The lowest BCUT2D eigenvalue weighted by molar-refractivity contribution is 0.277. The maximum absolute atomic E-state index is 9.15. The number of rotatable bonds is 9. The van der Waals surface area contributed by atoms with E-state index in [1.165, 1.54) is 32.1 Å². The van der Waals surface area contributed by atoms with Gasteiger partial charge in [-0.05, 0) is 30.2 Å². The molecule has 0 aliphatic carbocycles. The average Bonchev–Trinajstić information content (AvgIpc) is 2.39. The minimum atomic E-state index is 0.0365. The van der Waals surface area contributed by atoms with Crippen molar-refractivity contribution in [1.82, 2.24) is 0 Å². The zero-order chi connectivity index (χ0) is 13.2. The minimum absolute atomic E-state index is 0.0365. The summed E-state index contributed by atoms with van der Waals surface area (Å²) in [6.45, 7) is 3.03. The first kappa shape index (κ1) is 15.5. The molecule has 3 heteroatoms. The van der Waals surface area contributed by atoms with Gasteiger partial charge in [0.1, 0.15) is 5.75 Å². The van der Waals surface area contributed by atoms with E-state index in [0.717, 1.165) is 28.8 Å². The monoisotopic (exact) mass is 314 g/mol. The predicted molar refractivity (Wildman–Crippen MR) is 78.9 cm³/mol. The van der Waals surface area contributed by atoms with E-state index in [9.17, 15) is 0 Å². The highest BCUT2D eigenvalue weighted by Gasteiger charge is 2.01. The lowest BCUT2D eigenvalue weighted by Crippen LogP contribution is -1.98. The molecule has 0 fully saturated rings. The number of hydrogen-bond donors (Lipinski definition) is 1. The van der Waals surface area contributed by atoms with Gasteiger partial charge in [-0.3, -0.25) is 0 Å². The molecule has 1 rings (SSSR count). The summed E-state index contributed by atoms with van der Waals surface area (Å²) >= 11 is 3.39. The molecule has 0 aromatic heterocycles. The summed E-state index contributed by atoms with van der Waals surface area (Å²) in [4.78, 5) is 0. The van der Waals surface area contributed by atoms with E-state index in [4.69, 9.17) is 9.84 Å². The molecule has 0 radical (unpaired) electrons. The fourth-order valence-electron chi connectivity index (χ4n) is 1.83. The molecule has 0 spiro atoms. The molecular formula is C15H23BrO2. The Morgan fingerprint density at radius 2 is 1.83 bits per heavy atom. The third kappa shape index (κ3) is 5.87. The van der Waals surface area contributed by atoms with Gasteiger partial charge in [0, 0.05) is 4.47 Å². The zero-order valence-corrected chi connectivity index (χ0v) is 12.7. The minimum Gasteiger partial charge on any atom is -0.494 e. The molecule has 0 unspecified atom stereocenters. The van der Waals surface area contributed by atoms with Gasteiger partial charge in [-0.25, -0.2) is 0 Å². The first-order chi connectivity index (χ1) is 8.77. The first-order valence-electron chi connectivity index (χ1n) is 6.80. The van der Waals surface area contributed by atoms with E-state index >= 15 is 0 Å². The number of aliphatic hydroxyl groups is 1. The Morgan fingerprint density at radius 3 is 2.56 bits per heavy atom. The fourth-order valence-corrected chi connectivity index (χ4v) is 2.21. The van der Waals surface area contributed by atoms with Crippen molar-refractivity contribution in [2.75, 3.05) is 6.61 Å². The SMILES string of the molecule is CCCCCCCCOc1ccc(Br)c(CO)c1. The highest BCUT2D eigenvalue weighted by molar-refractivity contribution is 9.10. The Kier molecular flexibility index (Phi) is 8.10. The molecule has 0 aliphatic heterocycles. The van der Waals surface area contributed by atoms with Crippen molar-refractivity contribution < 1.29 is 9.84 Å². The predicted octanol–water partition coefficient (Wildman–Crippen LogP) is 4.68. The van der Waals surface area contributed by atoms with E-state index < -0.39 is 0 Å². The molecule has 0 saturated carbocycles. The van der Waals surface area contributed by atoms with Crippen molar-refractivity contribution in [2.24, 2.45) is 0 Å². The second kappa shape index (κ2) is 9.40. The van der Waals surface area contributed by atoms with Crippen LogP contribution in [0.1, 0.15) is 51.0 Å². The molecule has 1 aromatic carbocycles. The smallest absolute Gasteiger partial charge is 0.119 e. The van der Waals surface area contributed by atoms with Crippen LogP contribution in [0.2, 0.25) is 0 Å². The maximum Gasteiger partial charge on any atom is 0.119 e. The van der Waals surface area contributed by atoms with Crippen molar-refractivity contribution in [3.8, 4) is 5.75 Å². The molecule has 0 aliphatic rings. The number of unbranched alkanes of at least 4 members (excludes halogenated alkanes) is 5. The quantitative estimate of drug-likeness (QED) is 0.670. The van der Waals surface area contributed by atoms with E-state index in [1.807, 2.05) is 18.2 Å². The van der Waals surface area contributed by atoms with Gasteiger partial charge in [0.05, 0.1) is 13.2 Å². The van der Waals surface area contributed by atoms with E-state index in [0.29, 0.717) is 0 Å². The topological polar surface area (TPSA) is 29.5 Å². The number of halogens is 1. The summed E-state index contributed by atoms with van der Waals surface area (Å²) in [6, 6.07) is 5.74. The number of ether oxygens (including phenoxy) is 1. The van der Waals surface area contributed by atoms with E-state index in [1.54, 1.807) is 0 Å². The summed E-state index contributed by atoms with van der Waals surface area (Å²) < 4.78 is 6.61. The van der Waals surface area contributed by atoms with Gasteiger partial charge >= 0.3 is 0 Å². The summed E-state index contributed by atoms with van der Waals surface area (Å²) in [7, 11) is 0. The van der Waals surface area contributed by atoms with Gasteiger partial charge in [0.15, 0.2) is 0 Å². The number of aliphatic hydroxyl groups excluding tert-OH is 1. The Bertz CT molecular complexity index is 339. The number of hydrogen-bond acceptors (Lipinski definition) is 2. The van der Waals surface area contributed by atoms with E-state index in [2.05, 4.69) is 22.9 Å². The average molecular weight is 315 g/mol. The summed E-state index contributed by atoms with van der Waals surface area (Å²) in [5, 5.41) is 9.15. The van der Waals surface area contributed by atoms with Gasteiger partial charge in [-0.1, -0.05) is 55.0 Å². The molecule has 0 saturated heterocycles. The van der Waals surface area contributed by atoms with Crippen molar-refractivity contribution in [2.45, 2.75) is 52.1 Å². The second-order valence-electron chi connectivity index (χ2n) is 4.53. The lowest BCUT2D eigenvalue weighted by atomic mass is 10.1. The summed E-state index contributed by atoms with van der Waals surface area (Å²) in [5.74, 6) is 0.843. The fraction of sp³-hybridized carbons (Fsp3) is 0.600. The van der Waals surface area contributed by atoms with Crippen LogP contribution in [0.5, 0.6) is 5.75 Å². The molecule has 1 aromatic rings. The van der Waals surface area contributed by atoms with Crippen LogP contribution in [0.15, 0.2) is 22.7 Å². The molecule has 0 heterocycles. The normalized spacial score (nSPS) is 10.6. The standard InChI is InChI=1S/C15H23BrO2/c1-2-3-4-5-6-7-10-18-14-8-9-15(16)13(11-14)12-17/h8-9,11,17H,2-7,10,12H2,1H3. The van der Waals surface area contributed by atoms with Crippen molar-refractivity contribution in [1.29, 1.82) is 0 Å². The molecular weight excluding hydrogens is 292 g/mol. The Balaban J connectivity index is 2.19. The van der Waals surface area contributed by atoms with Gasteiger partial charge < -0.3 is 9.84 Å². The van der Waals surface area contributed by atoms with Crippen LogP contribution in [0.3, 0.4) is 0 Å². The van der Waals surface area contributed by atoms with Gasteiger partial charge in [0.25, 0.3) is 0 Å². The summed E-state index contributed by atoms with van der Waals surface area (Å²) in [6.07, 6.45) is 7.62. The van der Waals surface area contributed by atoms with Gasteiger partial charge in [-0.2, -0.15) is 0 Å². The van der Waals surface area contributed by atoms with Crippen LogP contribution in [-0.4, -0.2) is 11.7 Å². The molecule has 0 atom stereocenters. The third-order valence-electron chi connectivity index (χ3n) is 2.95. The van der Waals surface area contributed by atoms with Crippen LogP contribution in [0.4, 0.5) is 0 Å². The highest BCUT2D eigenvalue weighted by atomic mass is 79.9. The van der Waals surface area contributed by atoms with Crippen molar-refractivity contribution in [3.63, 3.8) is 0 Å². The van der Waals surface area contributed by atoms with Crippen LogP contribution < -0.4 is 4.74 Å². The largest absolute Gasteiger partial charge is 0.494 e. The van der Waals surface area contributed by atoms with Crippen LogP contribution >= 0.6 is 15.9 Å². The Morgan fingerprint density at radius 1 is 1.11 bits per heavy atom.